The molecule has 0 rings (SSSR count). The van der Waals surface area contributed by atoms with E-state index in [2.05, 4.69) is 9.47 Å². The van der Waals surface area contributed by atoms with E-state index in [0.29, 0.717) is 6.42 Å². The van der Waals surface area contributed by atoms with E-state index in [-0.39, 0.29) is 6.42 Å². The van der Waals surface area contributed by atoms with Crippen LogP contribution in [0.2, 0.25) is 0 Å². The minimum absolute atomic E-state index is 0.139. The Kier molecular flexibility index (Phi) is 5.50. The summed E-state index contributed by atoms with van der Waals surface area (Å²) in [7, 11) is 1.17. The van der Waals surface area contributed by atoms with Crippen molar-refractivity contribution in [1.82, 2.24) is 0 Å². The van der Waals surface area contributed by atoms with E-state index in [1.54, 1.807) is 6.92 Å². The van der Waals surface area contributed by atoms with Gasteiger partial charge in [-0.25, -0.2) is 9.59 Å². The van der Waals surface area contributed by atoms with Crippen molar-refractivity contribution in [2.24, 2.45) is 0 Å². The summed E-state index contributed by atoms with van der Waals surface area (Å²) < 4.78 is 8.56. The van der Waals surface area contributed by atoms with Gasteiger partial charge < -0.3 is 9.47 Å². The molecule has 5 heteroatoms. The van der Waals surface area contributed by atoms with Crippen molar-refractivity contribution in [1.29, 1.82) is 0 Å². The maximum Gasteiger partial charge on any atom is 0.375 e. The fourth-order valence-electron chi connectivity index (χ4n) is 0.593. The summed E-state index contributed by atoms with van der Waals surface area (Å²) >= 11 is 0. The van der Waals surface area contributed by atoms with Gasteiger partial charge >= 0.3 is 11.9 Å². The highest BCUT2D eigenvalue weighted by atomic mass is 16.6. The predicted molar refractivity (Wildman–Crippen MR) is 42.9 cm³/mol. The number of esters is 2. The molecule has 0 bridgehead atoms. The van der Waals surface area contributed by atoms with Gasteiger partial charge in [0, 0.05) is 6.42 Å². The van der Waals surface area contributed by atoms with Crippen LogP contribution in [0.5, 0.6) is 0 Å². The van der Waals surface area contributed by atoms with Crippen molar-refractivity contribution in [3.8, 4) is 0 Å². The zero-order chi connectivity index (χ0) is 10.3. The summed E-state index contributed by atoms with van der Waals surface area (Å²) in [5.41, 5.74) is 0. The van der Waals surface area contributed by atoms with Crippen molar-refractivity contribution in [3.05, 3.63) is 0 Å². The first kappa shape index (κ1) is 11.6. The molecular weight excluding hydrogens is 176 g/mol. The summed E-state index contributed by atoms with van der Waals surface area (Å²) in [6, 6.07) is 0. The van der Waals surface area contributed by atoms with Crippen LogP contribution in [0.1, 0.15) is 19.8 Å². The van der Waals surface area contributed by atoms with Crippen LogP contribution in [0.4, 0.5) is 0 Å². The van der Waals surface area contributed by atoms with E-state index in [0.717, 1.165) is 0 Å². The highest BCUT2D eigenvalue weighted by Gasteiger charge is 2.15. The Balaban J connectivity index is 3.74. The molecule has 0 spiro atoms. The highest BCUT2D eigenvalue weighted by molar-refractivity contribution is 6.33. The molecule has 0 atom stereocenters. The van der Waals surface area contributed by atoms with E-state index in [1.165, 1.54) is 7.11 Å². The molecule has 0 radical (unpaired) electrons. The predicted octanol–water partition coefficient (Wildman–Crippen LogP) is 0.0718. The summed E-state index contributed by atoms with van der Waals surface area (Å²) in [5, 5.41) is 0. The quantitative estimate of drug-likeness (QED) is 0.451. The van der Waals surface area contributed by atoms with E-state index in [9.17, 15) is 14.4 Å². The fraction of sp³-hybridized carbons (Fsp3) is 0.625. The van der Waals surface area contributed by atoms with Gasteiger partial charge in [-0.15, -0.1) is 0 Å². The number of hydrogen-bond donors (Lipinski definition) is 0. The maximum absolute atomic E-state index is 10.8. The van der Waals surface area contributed by atoms with E-state index in [1.807, 2.05) is 0 Å². The van der Waals surface area contributed by atoms with Gasteiger partial charge in [-0.1, -0.05) is 6.92 Å². The number of hydrogen-bond acceptors (Lipinski definition) is 5. The number of carbonyl (C=O) groups excluding carboxylic acids is 3. The monoisotopic (exact) mass is 188 g/mol. The van der Waals surface area contributed by atoms with Crippen molar-refractivity contribution in [2.45, 2.75) is 19.8 Å². The second kappa shape index (κ2) is 6.16. The third-order valence-corrected chi connectivity index (χ3v) is 1.25. The second-order valence-electron chi connectivity index (χ2n) is 2.33. The molecule has 0 aromatic carbocycles. The van der Waals surface area contributed by atoms with Gasteiger partial charge in [-0.05, 0) is 6.42 Å². The zero-order valence-electron chi connectivity index (χ0n) is 7.66. The molecule has 0 aliphatic carbocycles. The van der Waals surface area contributed by atoms with Crippen molar-refractivity contribution >= 4 is 17.7 Å². The van der Waals surface area contributed by atoms with E-state index < -0.39 is 24.3 Å². The minimum atomic E-state index is -0.979. The topological polar surface area (TPSA) is 69.7 Å². The lowest BCUT2D eigenvalue weighted by Gasteiger charge is -2.00. The zero-order valence-corrected chi connectivity index (χ0v) is 7.66. The summed E-state index contributed by atoms with van der Waals surface area (Å²) in [4.78, 5) is 32.1. The van der Waals surface area contributed by atoms with E-state index >= 15 is 0 Å². The Bertz CT molecular complexity index is 209. The molecule has 0 aromatic rings. The first-order chi connectivity index (χ1) is 6.11. The Hall–Kier alpha value is -1.39. The molecule has 0 aliphatic rings. The molecule has 13 heavy (non-hydrogen) atoms. The molecule has 0 amide bonds. The van der Waals surface area contributed by atoms with Crippen LogP contribution in [0.3, 0.4) is 0 Å². The molecule has 0 saturated heterocycles. The van der Waals surface area contributed by atoms with Crippen molar-refractivity contribution in [2.75, 3.05) is 13.7 Å². The fourth-order valence-corrected chi connectivity index (χ4v) is 0.593. The Morgan fingerprint density at radius 1 is 1.23 bits per heavy atom. The van der Waals surface area contributed by atoms with Crippen LogP contribution in [-0.4, -0.2) is 31.4 Å². The molecule has 0 N–H and O–H groups in total. The average molecular weight is 188 g/mol. The Labute approximate surface area is 76.0 Å². The lowest BCUT2D eigenvalue weighted by atomic mass is 10.2. The minimum Gasteiger partial charge on any atom is -0.466 e. The summed E-state index contributed by atoms with van der Waals surface area (Å²) in [6.45, 7) is 1.26. The molecule has 0 aromatic heterocycles. The Morgan fingerprint density at radius 3 is 2.31 bits per heavy atom. The molecule has 0 fully saturated rings. The summed E-state index contributed by atoms with van der Waals surface area (Å²) in [6.07, 6.45) is 0.714. The normalized spacial score (nSPS) is 9.08. The maximum atomic E-state index is 10.8. The van der Waals surface area contributed by atoms with Crippen LogP contribution in [0.25, 0.3) is 0 Å². The van der Waals surface area contributed by atoms with Crippen LogP contribution in [-0.2, 0) is 23.9 Å². The molecule has 0 aliphatic heterocycles. The van der Waals surface area contributed by atoms with Gasteiger partial charge in [0.05, 0.1) is 7.11 Å². The molecule has 0 saturated carbocycles. The number of methoxy groups -OCH3 is 1. The SMILES string of the molecule is CCCC(=O)C(=O)OCC(=O)OC. The molecular formula is C8H12O5. The number of carbonyl (C=O) groups is 3. The summed E-state index contributed by atoms with van der Waals surface area (Å²) in [5.74, 6) is -2.28. The van der Waals surface area contributed by atoms with Gasteiger partial charge in [-0.2, -0.15) is 0 Å². The molecule has 0 heterocycles. The van der Waals surface area contributed by atoms with Gasteiger partial charge in [0.1, 0.15) is 0 Å². The van der Waals surface area contributed by atoms with Crippen molar-refractivity contribution in [3.63, 3.8) is 0 Å². The van der Waals surface area contributed by atoms with Crippen LogP contribution in [0.15, 0.2) is 0 Å². The number of ether oxygens (including phenoxy) is 2. The first-order valence-electron chi connectivity index (χ1n) is 3.88. The standard InChI is InChI=1S/C8H12O5/c1-3-4-6(9)8(11)13-5-7(10)12-2/h3-5H2,1-2H3. The number of Topliss-reactive ketones (excluding diaryl/α,β-unsaturated/α-hetero) is 1. The number of rotatable bonds is 5. The van der Waals surface area contributed by atoms with Gasteiger partial charge in [0.25, 0.3) is 0 Å². The lowest BCUT2D eigenvalue weighted by molar-refractivity contribution is -0.161. The van der Waals surface area contributed by atoms with Gasteiger partial charge in [0.15, 0.2) is 6.61 Å². The first-order valence-corrected chi connectivity index (χ1v) is 3.88. The third-order valence-electron chi connectivity index (χ3n) is 1.25. The van der Waals surface area contributed by atoms with Gasteiger partial charge in [0.2, 0.25) is 5.78 Å². The molecule has 74 valence electrons. The molecule has 0 unspecified atom stereocenters. The highest BCUT2D eigenvalue weighted by Crippen LogP contribution is 1.92. The largest absolute Gasteiger partial charge is 0.466 e. The lowest BCUT2D eigenvalue weighted by Crippen LogP contribution is -2.21. The second-order valence-corrected chi connectivity index (χ2v) is 2.33. The smallest absolute Gasteiger partial charge is 0.375 e. The Morgan fingerprint density at radius 2 is 1.85 bits per heavy atom. The average Bonchev–Trinajstić information content (AvgIpc) is 2.13. The molecule has 5 nitrogen and oxygen atoms in total. The van der Waals surface area contributed by atoms with Crippen molar-refractivity contribution < 1.29 is 23.9 Å². The number of ketones is 1. The van der Waals surface area contributed by atoms with Crippen LogP contribution >= 0.6 is 0 Å². The van der Waals surface area contributed by atoms with Crippen LogP contribution < -0.4 is 0 Å². The van der Waals surface area contributed by atoms with Crippen LogP contribution in [0, 0.1) is 0 Å². The van der Waals surface area contributed by atoms with E-state index in [4.69, 9.17) is 0 Å². The third kappa shape index (κ3) is 4.95. The van der Waals surface area contributed by atoms with Gasteiger partial charge in [-0.3, -0.25) is 4.79 Å².